The normalized spacial score (nSPS) is 21.4. The highest BCUT2D eigenvalue weighted by molar-refractivity contribution is 6.30. The van der Waals surface area contributed by atoms with Crippen molar-refractivity contribution in [3.8, 4) is 0 Å². The number of carbonyl (C=O) groups excluding carboxylic acids is 2. The van der Waals surface area contributed by atoms with Crippen LogP contribution in [-0.2, 0) is 4.79 Å². The van der Waals surface area contributed by atoms with Crippen molar-refractivity contribution < 1.29 is 14.0 Å². The van der Waals surface area contributed by atoms with Gasteiger partial charge >= 0.3 is 0 Å². The summed E-state index contributed by atoms with van der Waals surface area (Å²) in [5, 5.41) is 3.15. The van der Waals surface area contributed by atoms with Crippen molar-refractivity contribution in [1.29, 1.82) is 0 Å². The Morgan fingerprint density at radius 3 is 2.71 bits per heavy atom. The number of nitrogens with one attached hydrogen (secondary N) is 1. The summed E-state index contributed by atoms with van der Waals surface area (Å²) in [6.07, 6.45) is 3.37. The summed E-state index contributed by atoms with van der Waals surface area (Å²) in [6, 6.07) is 3.72. The van der Waals surface area contributed by atoms with Crippen LogP contribution in [0.1, 0.15) is 36.0 Å². The Kier molecular flexibility index (Phi) is 3.85. The standard InChI is InChI=1S/C15H16ClFN2O2/c16-9-3-6-11(12(17)8-9)15(21)19-7-1-2-13(19)14(20)18-10-4-5-10/h3,6,8,10,13H,1-2,4-5,7H2,(H,18,20)/t13-/m0/s1. The molecule has 1 N–H and O–H groups in total. The third-order valence-corrected chi connectivity index (χ3v) is 4.14. The molecule has 1 aromatic carbocycles. The lowest BCUT2D eigenvalue weighted by Gasteiger charge is -2.24. The van der Waals surface area contributed by atoms with Crippen LogP contribution in [-0.4, -0.2) is 35.3 Å². The van der Waals surface area contributed by atoms with Gasteiger partial charge in [0.25, 0.3) is 5.91 Å². The molecular formula is C15H16ClFN2O2. The SMILES string of the molecule is O=C(NC1CC1)[C@@H]1CCCN1C(=O)c1ccc(Cl)cc1F. The molecule has 112 valence electrons. The highest BCUT2D eigenvalue weighted by Crippen LogP contribution is 2.25. The fraction of sp³-hybridized carbons (Fsp3) is 0.467. The molecule has 2 aliphatic rings. The molecule has 1 saturated heterocycles. The van der Waals surface area contributed by atoms with Gasteiger partial charge in [0.1, 0.15) is 11.9 Å². The lowest BCUT2D eigenvalue weighted by Crippen LogP contribution is -2.46. The van der Waals surface area contributed by atoms with Gasteiger partial charge in [0.15, 0.2) is 0 Å². The van der Waals surface area contributed by atoms with Gasteiger partial charge in [0.2, 0.25) is 5.91 Å². The minimum atomic E-state index is -0.652. The number of benzene rings is 1. The van der Waals surface area contributed by atoms with E-state index in [1.807, 2.05) is 0 Å². The van der Waals surface area contributed by atoms with E-state index in [0.717, 1.165) is 25.3 Å². The topological polar surface area (TPSA) is 49.4 Å². The van der Waals surface area contributed by atoms with Gasteiger partial charge in [-0.1, -0.05) is 11.6 Å². The molecule has 1 aliphatic carbocycles. The van der Waals surface area contributed by atoms with E-state index in [4.69, 9.17) is 11.6 Å². The smallest absolute Gasteiger partial charge is 0.257 e. The second-order valence-electron chi connectivity index (χ2n) is 5.56. The molecule has 0 bridgehead atoms. The number of hydrogen-bond donors (Lipinski definition) is 1. The molecular weight excluding hydrogens is 295 g/mol. The second-order valence-corrected chi connectivity index (χ2v) is 6.00. The van der Waals surface area contributed by atoms with Crippen molar-refractivity contribution >= 4 is 23.4 Å². The molecule has 4 nitrogen and oxygen atoms in total. The molecule has 0 radical (unpaired) electrons. The molecule has 2 amide bonds. The summed E-state index contributed by atoms with van der Waals surface area (Å²) in [6.45, 7) is 0.476. The zero-order chi connectivity index (χ0) is 15.0. The Hall–Kier alpha value is -1.62. The highest BCUT2D eigenvalue weighted by atomic mass is 35.5. The van der Waals surface area contributed by atoms with Gasteiger partial charge in [0.05, 0.1) is 5.56 Å². The summed E-state index contributed by atoms with van der Waals surface area (Å²) >= 11 is 5.70. The van der Waals surface area contributed by atoms with Crippen LogP contribution in [0.15, 0.2) is 18.2 Å². The lowest BCUT2D eigenvalue weighted by atomic mass is 10.1. The molecule has 0 spiro atoms. The Bertz CT molecular complexity index is 589. The molecule has 21 heavy (non-hydrogen) atoms. The minimum absolute atomic E-state index is 0.0366. The average Bonchev–Trinajstić information content (AvgIpc) is 3.11. The molecule has 1 heterocycles. The van der Waals surface area contributed by atoms with Gasteiger partial charge in [-0.15, -0.1) is 0 Å². The first-order valence-electron chi connectivity index (χ1n) is 7.12. The van der Waals surface area contributed by atoms with Gasteiger partial charge in [-0.25, -0.2) is 4.39 Å². The zero-order valence-corrected chi connectivity index (χ0v) is 12.2. The minimum Gasteiger partial charge on any atom is -0.352 e. The third-order valence-electron chi connectivity index (χ3n) is 3.90. The van der Waals surface area contributed by atoms with Crippen LogP contribution in [0.25, 0.3) is 0 Å². The van der Waals surface area contributed by atoms with Crippen LogP contribution < -0.4 is 5.32 Å². The van der Waals surface area contributed by atoms with Crippen molar-refractivity contribution in [1.82, 2.24) is 10.2 Å². The molecule has 1 aliphatic heterocycles. The van der Waals surface area contributed by atoms with Crippen LogP contribution >= 0.6 is 11.6 Å². The average molecular weight is 311 g/mol. The Balaban J connectivity index is 1.77. The Morgan fingerprint density at radius 2 is 2.05 bits per heavy atom. The Morgan fingerprint density at radius 1 is 1.29 bits per heavy atom. The van der Waals surface area contributed by atoms with Crippen LogP contribution in [0.3, 0.4) is 0 Å². The zero-order valence-electron chi connectivity index (χ0n) is 11.4. The number of carbonyl (C=O) groups is 2. The summed E-state index contributed by atoms with van der Waals surface area (Å²) < 4.78 is 13.9. The summed E-state index contributed by atoms with van der Waals surface area (Å²) in [5.41, 5.74) is -0.0366. The van der Waals surface area contributed by atoms with Crippen LogP contribution in [0.5, 0.6) is 0 Å². The van der Waals surface area contributed by atoms with Crippen LogP contribution in [0.2, 0.25) is 5.02 Å². The highest BCUT2D eigenvalue weighted by Gasteiger charge is 2.37. The van der Waals surface area contributed by atoms with Gasteiger partial charge < -0.3 is 10.2 Å². The van der Waals surface area contributed by atoms with E-state index in [1.165, 1.54) is 17.0 Å². The van der Waals surface area contributed by atoms with Gasteiger partial charge in [0, 0.05) is 17.6 Å². The van der Waals surface area contributed by atoms with Crippen molar-refractivity contribution in [3.05, 3.63) is 34.6 Å². The van der Waals surface area contributed by atoms with Crippen molar-refractivity contribution in [2.45, 2.75) is 37.8 Å². The predicted molar refractivity (Wildman–Crippen MR) is 76.6 cm³/mol. The van der Waals surface area contributed by atoms with E-state index in [0.29, 0.717) is 13.0 Å². The first kappa shape index (κ1) is 14.3. The molecule has 1 saturated carbocycles. The molecule has 0 aromatic heterocycles. The summed E-state index contributed by atoms with van der Waals surface area (Å²) in [4.78, 5) is 26.1. The third kappa shape index (κ3) is 3.02. The fourth-order valence-electron chi connectivity index (χ4n) is 2.63. The lowest BCUT2D eigenvalue weighted by molar-refractivity contribution is -0.125. The van der Waals surface area contributed by atoms with E-state index < -0.39 is 17.8 Å². The second kappa shape index (κ2) is 5.64. The van der Waals surface area contributed by atoms with Crippen molar-refractivity contribution in [2.24, 2.45) is 0 Å². The van der Waals surface area contributed by atoms with Crippen LogP contribution in [0, 0.1) is 5.82 Å². The van der Waals surface area contributed by atoms with Crippen molar-refractivity contribution in [2.75, 3.05) is 6.54 Å². The number of likely N-dealkylation sites (tertiary alicyclic amines) is 1. The molecule has 1 atom stereocenters. The summed E-state index contributed by atoms with van der Waals surface area (Å²) in [7, 11) is 0. The molecule has 3 rings (SSSR count). The van der Waals surface area contributed by atoms with Crippen molar-refractivity contribution in [3.63, 3.8) is 0 Å². The molecule has 0 unspecified atom stereocenters. The monoisotopic (exact) mass is 310 g/mol. The quantitative estimate of drug-likeness (QED) is 0.932. The Labute approximate surface area is 127 Å². The van der Waals surface area contributed by atoms with E-state index in [-0.39, 0.29) is 22.5 Å². The van der Waals surface area contributed by atoms with E-state index in [1.54, 1.807) is 0 Å². The number of rotatable bonds is 3. The largest absolute Gasteiger partial charge is 0.352 e. The van der Waals surface area contributed by atoms with E-state index in [2.05, 4.69) is 5.32 Å². The van der Waals surface area contributed by atoms with Crippen LogP contribution in [0.4, 0.5) is 4.39 Å². The summed E-state index contributed by atoms with van der Waals surface area (Å²) in [5.74, 6) is -1.23. The number of halogens is 2. The number of hydrogen-bond acceptors (Lipinski definition) is 2. The maximum Gasteiger partial charge on any atom is 0.257 e. The first-order valence-corrected chi connectivity index (χ1v) is 7.50. The maximum atomic E-state index is 13.9. The van der Waals surface area contributed by atoms with Gasteiger partial charge in [-0.05, 0) is 43.9 Å². The van der Waals surface area contributed by atoms with E-state index >= 15 is 0 Å². The molecule has 2 fully saturated rings. The first-order chi connectivity index (χ1) is 10.1. The van der Waals surface area contributed by atoms with Gasteiger partial charge in [-0.3, -0.25) is 9.59 Å². The van der Waals surface area contributed by atoms with Gasteiger partial charge in [-0.2, -0.15) is 0 Å². The number of amides is 2. The number of nitrogens with zero attached hydrogens (tertiary/aromatic N) is 1. The van der Waals surface area contributed by atoms with E-state index in [9.17, 15) is 14.0 Å². The molecule has 6 heteroatoms. The fourth-order valence-corrected chi connectivity index (χ4v) is 2.78. The maximum absolute atomic E-state index is 13.9. The predicted octanol–water partition coefficient (Wildman–Crippen LogP) is 2.36. The molecule has 1 aromatic rings.